The SMILES string of the molecule is FC(F)n1nnnc1[C@H]1CC[C@H](N(Cc2ccccc2)Cc2ccccc2)CC1. The molecule has 1 aromatic heterocycles. The second-order valence-electron chi connectivity index (χ2n) is 7.64. The molecule has 7 heteroatoms. The van der Waals surface area contributed by atoms with Gasteiger partial charge in [-0.25, -0.2) is 0 Å². The number of halogens is 2. The van der Waals surface area contributed by atoms with E-state index < -0.39 is 6.55 Å². The lowest BCUT2D eigenvalue weighted by atomic mass is 9.84. The molecule has 1 heterocycles. The van der Waals surface area contributed by atoms with E-state index in [1.165, 1.54) is 11.1 Å². The highest BCUT2D eigenvalue weighted by Gasteiger charge is 2.31. The Balaban J connectivity index is 1.46. The van der Waals surface area contributed by atoms with Gasteiger partial charge in [0.25, 0.3) is 0 Å². The molecule has 29 heavy (non-hydrogen) atoms. The van der Waals surface area contributed by atoms with Crippen LogP contribution in [0.1, 0.15) is 55.1 Å². The molecular formula is C22H25F2N5. The summed E-state index contributed by atoms with van der Waals surface area (Å²) in [5, 5.41) is 10.8. The number of aromatic nitrogens is 4. The molecule has 152 valence electrons. The van der Waals surface area contributed by atoms with Crippen molar-refractivity contribution in [1.82, 2.24) is 25.1 Å². The second kappa shape index (κ2) is 9.22. The van der Waals surface area contributed by atoms with Gasteiger partial charge in [0.05, 0.1) is 0 Å². The van der Waals surface area contributed by atoms with Crippen LogP contribution in [0.2, 0.25) is 0 Å². The minimum atomic E-state index is -2.69. The normalized spacial score (nSPS) is 19.7. The maximum absolute atomic E-state index is 13.1. The van der Waals surface area contributed by atoms with Crippen molar-refractivity contribution in [3.63, 3.8) is 0 Å². The molecule has 3 aromatic rings. The van der Waals surface area contributed by atoms with Crippen LogP contribution >= 0.6 is 0 Å². The first-order valence-electron chi connectivity index (χ1n) is 10.1. The summed E-state index contributed by atoms with van der Waals surface area (Å²) in [6.07, 6.45) is 3.52. The highest BCUT2D eigenvalue weighted by molar-refractivity contribution is 5.17. The molecule has 0 spiro atoms. The van der Waals surface area contributed by atoms with Crippen molar-refractivity contribution in [2.24, 2.45) is 0 Å². The standard InChI is InChI=1S/C22H25F2N5/c23-22(24)29-21(25-26-27-29)19-11-13-20(14-12-19)28(15-17-7-3-1-4-8-17)16-18-9-5-2-6-10-18/h1-10,19-20,22H,11-16H2/t19-,20-. The number of rotatable bonds is 7. The number of nitrogens with zero attached hydrogens (tertiary/aromatic N) is 5. The van der Waals surface area contributed by atoms with Gasteiger partial charge in [0.15, 0.2) is 5.82 Å². The van der Waals surface area contributed by atoms with Crippen LogP contribution < -0.4 is 0 Å². The molecule has 0 atom stereocenters. The van der Waals surface area contributed by atoms with E-state index in [1.54, 1.807) is 0 Å². The quantitative estimate of drug-likeness (QED) is 0.575. The van der Waals surface area contributed by atoms with E-state index >= 15 is 0 Å². The Morgan fingerprint density at radius 1 is 0.862 bits per heavy atom. The Hall–Kier alpha value is -2.67. The third-order valence-electron chi connectivity index (χ3n) is 5.74. The average Bonchev–Trinajstić information content (AvgIpc) is 3.25. The maximum atomic E-state index is 13.1. The van der Waals surface area contributed by atoms with Gasteiger partial charge in [0.2, 0.25) is 0 Å². The molecule has 1 aliphatic carbocycles. The molecule has 1 saturated carbocycles. The monoisotopic (exact) mass is 397 g/mol. The molecular weight excluding hydrogens is 372 g/mol. The van der Waals surface area contributed by atoms with Gasteiger partial charge >= 0.3 is 6.55 Å². The summed E-state index contributed by atoms with van der Waals surface area (Å²) in [5.41, 5.74) is 2.57. The minimum absolute atomic E-state index is 0.00875. The summed E-state index contributed by atoms with van der Waals surface area (Å²) in [7, 11) is 0. The topological polar surface area (TPSA) is 46.8 Å². The lowest BCUT2D eigenvalue weighted by Gasteiger charge is -2.37. The molecule has 4 rings (SSSR count). The van der Waals surface area contributed by atoms with E-state index in [0.29, 0.717) is 16.5 Å². The van der Waals surface area contributed by atoms with Crippen LogP contribution in [0.4, 0.5) is 8.78 Å². The zero-order chi connectivity index (χ0) is 20.1. The zero-order valence-corrected chi connectivity index (χ0v) is 16.2. The van der Waals surface area contributed by atoms with Crippen LogP contribution in [-0.4, -0.2) is 31.1 Å². The number of benzene rings is 2. The van der Waals surface area contributed by atoms with Gasteiger partial charge in [-0.3, -0.25) is 4.90 Å². The zero-order valence-electron chi connectivity index (χ0n) is 16.2. The second-order valence-corrected chi connectivity index (χ2v) is 7.64. The molecule has 1 fully saturated rings. The van der Waals surface area contributed by atoms with Crippen LogP contribution in [0.25, 0.3) is 0 Å². The van der Waals surface area contributed by atoms with Crippen LogP contribution in [0.15, 0.2) is 60.7 Å². The third-order valence-corrected chi connectivity index (χ3v) is 5.74. The molecule has 0 N–H and O–H groups in total. The van der Waals surface area contributed by atoms with Crippen LogP contribution in [0, 0.1) is 0 Å². The lowest BCUT2D eigenvalue weighted by molar-refractivity contribution is 0.0478. The van der Waals surface area contributed by atoms with Crippen molar-refractivity contribution in [3.05, 3.63) is 77.6 Å². The number of hydrogen-bond donors (Lipinski definition) is 0. The fraction of sp³-hybridized carbons (Fsp3) is 0.409. The van der Waals surface area contributed by atoms with E-state index in [0.717, 1.165) is 38.8 Å². The molecule has 0 saturated heterocycles. The van der Waals surface area contributed by atoms with E-state index in [2.05, 4.69) is 69.0 Å². The van der Waals surface area contributed by atoms with Crippen molar-refractivity contribution < 1.29 is 8.78 Å². The predicted molar refractivity (Wildman–Crippen MR) is 106 cm³/mol. The summed E-state index contributed by atoms with van der Waals surface area (Å²) in [6.45, 7) is -0.940. The average molecular weight is 397 g/mol. The van der Waals surface area contributed by atoms with Gasteiger partial charge < -0.3 is 0 Å². The summed E-state index contributed by atoms with van der Waals surface area (Å²) in [4.78, 5) is 2.51. The number of alkyl halides is 2. The summed E-state index contributed by atoms with van der Waals surface area (Å²) in [5.74, 6) is 0.307. The predicted octanol–water partition coefficient (Wildman–Crippen LogP) is 4.80. The Labute approximate surface area is 169 Å². The maximum Gasteiger partial charge on any atom is 0.336 e. The highest BCUT2D eigenvalue weighted by Crippen LogP contribution is 2.35. The van der Waals surface area contributed by atoms with Gasteiger partial charge in [0, 0.05) is 25.0 Å². The van der Waals surface area contributed by atoms with Gasteiger partial charge in [-0.15, -0.1) is 5.10 Å². The molecule has 0 bridgehead atoms. The van der Waals surface area contributed by atoms with Crippen molar-refractivity contribution in [1.29, 1.82) is 0 Å². The Morgan fingerprint density at radius 3 is 1.93 bits per heavy atom. The smallest absolute Gasteiger partial charge is 0.292 e. The van der Waals surface area contributed by atoms with Gasteiger partial charge in [-0.2, -0.15) is 13.5 Å². The molecule has 2 aromatic carbocycles. The molecule has 5 nitrogen and oxygen atoms in total. The first kappa shape index (κ1) is 19.6. The van der Waals surface area contributed by atoms with Crippen LogP contribution in [-0.2, 0) is 13.1 Å². The van der Waals surface area contributed by atoms with Crippen LogP contribution in [0.3, 0.4) is 0 Å². The van der Waals surface area contributed by atoms with E-state index in [4.69, 9.17) is 0 Å². The van der Waals surface area contributed by atoms with Gasteiger partial charge in [-0.05, 0) is 47.2 Å². The Bertz CT molecular complexity index is 835. The van der Waals surface area contributed by atoms with Crippen molar-refractivity contribution in [2.45, 2.75) is 57.3 Å². The Morgan fingerprint density at radius 2 is 1.41 bits per heavy atom. The lowest BCUT2D eigenvalue weighted by Crippen LogP contribution is -2.37. The van der Waals surface area contributed by atoms with E-state index in [-0.39, 0.29) is 5.92 Å². The molecule has 1 aliphatic rings. The van der Waals surface area contributed by atoms with Gasteiger partial charge in [-0.1, -0.05) is 60.7 Å². The number of tetrazole rings is 1. The number of hydrogen-bond acceptors (Lipinski definition) is 4. The fourth-order valence-electron chi connectivity index (χ4n) is 4.26. The molecule has 0 amide bonds. The van der Waals surface area contributed by atoms with Crippen molar-refractivity contribution in [3.8, 4) is 0 Å². The highest BCUT2D eigenvalue weighted by atomic mass is 19.3. The largest absolute Gasteiger partial charge is 0.336 e. The molecule has 0 unspecified atom stereocenters. The fourth-order valence-corrected chi connectivity index (χ4v) is 4.26. The van der Waals surface area contributed by atoms with Gasteiger partial charge in [0.1, 0.15) is 0 Å². The van der Waals surface area contributed by atoms with Crippen molar-refractivity contribution >= 4 is 0 Å². The first-order valence-corrected chi connectivity index (χ1v) is 10.1. The summed E-state index contributed by atoms with van der Waals surface area (Å²) in [6, 6.07) is 21.3. The van der Waals surface area contributed by atoms with Crippen LogP contribution in [0.5, 0.6) is 0 Å². The minimum Gasteiger partial charge on any atom is -0.292 e. The summed E-state index contributed by atoms with van der Waals surface area (Å²) >= 11 is 0. The third kappa shape index (κ3) is 4.85. The Kier molecular flexibility index (Phi) is 6.24. The summed E-state index contributed by atoms with van der Waals surface area (Å²) < 4.78 is 26.9. The molecule has 0 aliphatic heterocycles. The first-order chi connectivity index (χ1) is 14.2. The van der Waals surface area contributed by atoms with E-state index in [9.17, 15) is 8.78 Å². The molecule has 0 radical (unpaired) electrons. The van der Waals surface area contributed by atoms with Crippen molar-refractivity contribution in [2.75, 3.05) is 0 Å². The van der Waals surface area contributed by atoms with E-state index in [1.807, 2.05) is 12.1 Å².